The number of ether oxygens (including phenoxy) is 2. The number of carbonyl (C=O) groups is 1. The zero-order valence-corrected chi connectivity index (χ0v) is 16.0. The highest BCUT2D eigenvalue weighted by molar-refractivity contribution is 6.34. The van der Waals surface area contributed by atoms with E-state index in [1.54, 1.807) is 6.07 Å². The molecule has 1 N–H and O–H groups in total. The van der Waals surface area contributed by atoms with E-state index in [0.29, 0.717) is 12.2 Å². The first-order valence-electron chi connectivity index (χ1n) is 8.09. The molecule has 1 aromatic heterocycles. The molecule has 0 unspecified atom stereocenters. The van der Waals surface area contributed by atoms with Gasteiger partial charge < -0.3 is 14.8 Å². The number of pyridine rings is 1. The lowest BCUT2D eigenvalue weighted by atomic mass is 9.99. The Morgan fingerprint density at radius 2 is 2.04 bits per heavy atom. The van der Waals surface area contributed by atoms with Crippen LogP contribution in [0.15, 0.2) is 30.5 Å². The highest BCUT2D eigenvalue weighted by Gasteiger charge is 2.20. The Hall–Kier alpha value is -2.34. The molecule has 0 radical (unpaired) electrons. The first-order chi connectivity index (χ1) is 12.2. The van der Waals surface area contributed by atoms with Gasteiger partial charge in [0.1, 0.15) is 5.56 Å². The maximum atomic E-state index is 13.7. The van der Waals surface area contributed by atoms with Gasteiger partial charge in [-0.05, 0) is 29.2 Å². The summed E-state index contributed by atoms with van der Waals surface area (Å²) in [5.74, 6) is -0.616. The van der Waals surface area contributed by atoms with E-state index in [-0.39, 0.29) is 34.2 Å². The van der Waals surface area contributed by atoms with E-state index >= 15 is 0 Å². The van der Waals surface area contributed by atoms with Gasteiger partial charge in [-0.25, -0.2) is 9.37 Å². The molecule has 1 heterocycles. The predicted molar refractivity (Wildman–Crippen MR) is 98.3 cm³/mol. The molecule has 140 valence electrons. The van der Waals surface area contributed by atoms with Gasteiger partial charge in [0.15, 0.2) is 11.6 Å². The minimum absolute atomic E-state index is 0.0988. The van der Waals surface area contributed by atoms with Gasteiger partial charge in [0.25, 0.3) is 5.91 Å². The first-order valence-corrected chi connectivity index (χ1v) is 8.47. The molecule has 0 aliphatic carbocycles. The molecule has 2 aromatic rings. The minimum Gasteiger partial charge on any atom is -0.494 e. The van der Waals surface area contributed by atoms with Crippen molar-refractivity contribution in [2.24, 2.45) is 5.41 Å². The molecule has 0 fully saturated rings. The van der Waals surface area contributed by atoms with Crippen molar-refractivity contribution in [3.63, 3.8) is 0 Å². The third-order valence-electron chi connectivity index (χ3n) is 3.40. The van der Waals surface area contributed by atoms with Crippen molar-refractivity contribution < 1.29 is 18.7 Å². The number of nitrogens with zero attached hydrogens (tertiary/aromatic N) is 1. The van der Waals surface area contributed by atoms with Gasteiger partial charge in [-0.1, -0.05) is 38.4 Å². The third kappa shape index (κ3) is 5.33. The zero-order chi connectivity index (χ0) is 19.3. The molecule has 1 amide bonds. The maximum absolute atomic E-state index is 13.7. The molecular weight excluding hydrogens is 359 g/mol. The van der Waals surface area contributed by atoms with Gasteiger partial charge in [-0.15, -0.1) is 0 Å². The van der Waals surface area contributed by atoms with Crippen LogP contribution in [0.1, 0.15) is 36.7 Å². The fourth-order valence-corrected chi connectivity index (χ4v) is 2.33. The van der Waals surface area contributed by atoms with Crippen molar-refractivity contribution >= 4 is 17.5 Å². The lowest BCUT2D eigenvalue weighted by Crippen LogP contribution is -2.25. The summed E-state index contributed by atoms with van der Waals surface area (Å²) in [7, 11) is 1.39. The van der Waals surface area contributed by atoms with Crippen LogP contribution in [0, 0.1) is 11.2 Å². The van der Waals surface area contributed by atoms with Crippen LogP contribution in [0.4, 0.5) is 4.39 Å². The van der Waals surface area contributed by atoms with Crippen molar-refractivity contribution in [3.8, 4) is 11.6 Å². The maximum Gasteiger partial charge on any atom is 0.258 e. The van der Waals surface area contributed by atoms with Crippen LogP contribution < -0.4 is 14.8 Å². The molecule has 0 saturated carbocycles. The molecule has 2 rings (SSSR count). The van der Waals surface area contributed by atoms with Crippen LogP contribution in [-0.2, 0) is 6.54 Å². The van der Waals surface area contributed by atoms with E-state index in [9.17, 15) is 9.18 Å². The number of nitrogens with one attached hydrogen (secondary N) is 1. The Morgan fingerprint density at radius 1 is 1.31 bits per heavy atom. The summed E-state index contributed by atoms with van der Waals surface area (Å²) < 4.78 is 24.3. The zero-order valence-electron chi connectivity index (χ0n) is 15.2. The van der Waals surface area contributed by atoms with E-state index in [0.717, 1.165) is 0 Å². The monoisotopic (exact) mass is 380 g/mol. The number of methoxy groups -OCH3 is 1. The smallest absolute Gasteiger partial charge is 0.258 e. The average molecular weight is 381 g/mol. The summed E-state index contributed by atoms with van der Waals surface area (Å²) >= 11 is 6.16. The standard InChI is InChI=1S/C19H22ClFN2O3/c1-19(2,3)11-26-18-16(13(20)7-8-22-18)17(24)23-10-12-5-6-15(25-4)14(21)9-12/h5-9H,10-11H2,1-4H3,(H,23,24). The summed E-state index contributed by atoms with van der Waals surface area (Å²) in [6, 6.07) is 6.00. The summed E-state index contributed by atoms with van der Waals surface area (Å²) in [5.41, 5.74) is 0.652. The summed E-state index contributed by atoms with van der Waals surface area (Å²) in [6.07, 6.45) is 1.48. The van der Waals surface area contributed by atoms with Crippen LogP contribution in [0.3, 0.4) is 0 Å². The number of hydrogen-bond acceptors (Lipinski definition) is 4. The van der Waals surface area contributed by atoms with Crippen molar-refractivity contribution in [3.05, 3.63) is 52.4 Å². The lowest BCUT2D eigenvalue weighted by Gasteiger charge is -2.19. The van der Waals surface area contributed by atoms with Gasteiger partial charge >= 0.3 is 0 Å². The Kier molecular flexibility index (Phi) is 6.42. The number of hydrogen-bond donors (Lipinski definition) is 1. The molecular formula is C19H22ClFN2O3. The van der Waals surface area contributed by atoms with E-state index in [4.69, 9.17) is 21.1 Å². The first kappa shape index (κ1) is 20.0. The molecule has 5 nitrogen and oxygen atoms in total. The summed E-state index contributed by atoms with van der Waals surface area (Å²) in [4.78, 5) is 16.7. The summed E-state index contributed by atoms with van der Waals surface area (Å²) in [6.45, 7) is 6.54. The van der Waals surface area contributed by atoms with Crippen LogP contribution in [0.5, 0.6) is 11.6 Å². The highest BCUT2D eigenvalue weighted by Crippen LogP contribution is 2.26. The van der Waals surface area contributed by atoms with Crippen LogP contribution in [-0.4, -0.2) is 24.6 Å². The molecule has 26 heavy (non-hydrogen) atoms. The largest absolute Gasteiger partial charge is 0.494 e. The quantitative estimate of drug-likeness (QED) is 0.814. The second-order valence-corrected chi connectivity index (χ2v) is 7.38. The Bertz CT molecular complexity index is 791. The summed E-state index contributed by atoms with van der Waals surface area (Å²) in [5, 5.41) is 2.95. The molecule has 0 aliphatic heterocycles. The Labute approximate surface area is 157 Å². The topological polar surface area (TPSA) is 60.5 Å². The number of benzene rings is 1. The van der Waals surface area contributed by atoms with E-state index in [2.05, 4.69) is 10.3 Å². The number of aromatic nitrogens is 1. The minimum atomic E-state index is -0.493. The number of carbonyl (C=O) groups excluding carboxylic acids is 1. The van der Waals surface area contributed by atoms with Crippen LogP contribution in [0.25, 0.3) is 0 Å². The van der Waals surface area contributed by atoms with Crippen molar-refractivity contribution in [2.45, 2.75) is 27.3 Å². The van der Waals surface area contributed by atoms with Gasteiger partial charge in [-0.2, -0.15) is 0 Å². The molecule has 7 heteroatoms. The van der Waals surface area contributed by atoms with E-state index in [1.807, 2.05) is 20.8 Å². The van der Waals surface area contributed by atoms with Crippen molar-refractivity contribution in [2.75, 3.05) is 13.7 Å². The average Bonchev–Trinajstić information content (AvgIpc) is 2.57. The molecule has 0 saturated heterocycles. The van der Waals surface area contributed by atoms with Gasteiger partial charge in [0.2, 0.25) is 5.88 Å². The molecule has 1 aromatic carbocycles. The van der Waals surface area contributed by atoms with E-state index in [1.165, 1.54) is 31.5 Å². The SMILES string of the molecule is COc1ccc(CNC(=O)c2c(Cl)ccnc2OCC(C)(C)C)cc1F. The van der Waals surface area contributed by atoms with Crippen molar-refractivity contribution in [1.29, 1.82) is 0 Å². The number of rotatable bonds is 6. The fourth-order valence-electron chi connectivity index (χ4n) is 2.11. The van der Waals surface area contributed by atoms with Gasteiger partial charge in [0.05, 0.1) is 18.7 Å². The Morgan fingerprint density at radius 3 is 2.65 bits per heavy atom. The predicted octanol–water partition coefficient (Wildman–Crippen LogP) is 4.24. The van der Waals surface area contributed by atoms with Gasteiger partial charge in [-0.3, -0.25) is 4.79 Å². The fraction of sp³-hybridized carbons (Fsp3) is 0.368. The molecule has 0 bridgehead atoms. The highest BCUT2D eigenvalue weighted by atomic mass is 35.5. The van der Waals surface area contributed by atoms with Gasteiger partial charge in [0, 0.05) is 12.7 Å². The molecule has 0 spiro atoms. The molecule has 0 aliphatic rings. The number of amides is 1. The Balaban J connectivity index is 2.12. The molecule has 0 atom stereocenters. The second-order valence-electron chi connectivity index (χ2n) is 6.97. The van der Waals surface area contributed by atoms with Crippen molar-refractivity contribution in [1.82, 2.24) is 10.3 Å². The second kappa shape index (κ2) is 8.36. The van der Waals surface area contributed by atoms with E-state index < -0.39 is 11.7 Å². The lowest BCUT2D eigenvalue weighted by molar-refractivity contribution is 0.0942. The van der Waals surface area contributed by atoms with Crippen LogP contribution in [0.2, 0.25) is 5.02 Å². The third-order valence-corrected chi connectivity index (χ3v) is 3.72. The number of halogens is 2. The normalized spacial score (nSPS) is 11.2. The van der Waals surface area contributed by atoms with Crippen LogP contribution >= 0.6 is 11.6 Å².